The fourth-order valence-electron chi connectivity index (χ4n) is 4.22. The summed E-state index contributed by atoms with van der Waals surface area (Å²) < 4.78 is 5.40. The number of benzene rings is 2. The molecule has 1 amide bonds. The van der Waals surface area contributed by atoms with Crippen LogP contribution in [0.5, 0.6) is 0 Å². The van der Waals surface area contributed by atoms with E-state index in [9.17, 15) is 10.1 Å². The summed E-state index contributed by atoms with van der Waals surface area (Å²) in [6, 6.07) is 14.9. The Hall–Kier alpha value is -3.08. The smallest absolute Gasteiger partial charge is 0.232 e. The van der Waals surface area contributed by atoms with Gasteiger partial charge in [-0.2, -0.15) is 5.26 Å². The molecule has 0 aromatic heterocycles. The minimum absolute atomic E-state index is 0.0144. The number of nitrogens with one attached hydrogen (secondary N) is 1. The van der Waals surface area contributed by atoms with Crippen molar-refractivity contribution in [1.29, 1.82) is 5.26 Å². The molecule has 2 heterocycles. The third kappa shape index (κ3) is 4.09. The van der Waals surface area contributed by atoms with Gasteiger partial charge in [0.2, 0.25) is 5.91 Å². The van der Waals surface area contributed by atoms with Crippen molar-refractivity contribution in [3.8, 4) is 6.07 Å². The summed E-state index contributed by atoms with van der Waals surface area (Å²) in [6.45, 7) is 3.10. The van der Waals surface area contributed by atoms with E-state index in [1.54, 1.807) is 17.0 Å². The predicted molar refractivity (Wildman–Crippen MR) is 120 cm³/mol. The zero-order valence-electron chi connectivity index (χ0n) is 17.3. The predicted octanol–water partition coefficient (Wildman–Crippen LogP) is 3.90. The number of ether oxygens (including phenoxy) is 1. The highest BCUT2D eigenvalue weighted by molar-refractivity contribution is 6.34. The molecule has 2 aromatic rings. The van der Waals surface area contributed by atoms with Crippen molar-refractivity contribution >= 4 is 34.8 Å². The zero-order valence-corrected chi connectivity index (χ0v) is 18.0. The van der Waals surface area contributed by atoms with Gasteiger partial charge in [0.05, 0.1) is 33.9 Å². The van der Waals surface area contributed by atoms with E-state index in [1.165, 1.54) is 0 Å². The number of carbonyl (C=O) groups is 1. The fourth-order valence-corrected chi connectivity index (χ4v) is 4.60. The molecule has 8 heteroatoms. The Balaban J connectivity index is 1.66. The van der Waals surface area contributed by atoms with Gasteiger partial charge in [-0.3, -0.25) is 9.69 Å². The maximum Gasteiger partial charge on any atom is 0.232 e. The highest BCUT2D eigenvalue weighted by Gasteiger charge is 2.41. The van der Waals surface area contributed by atoms with Crippen molar-refractivity contribution in [3.05, 3.63) is 58.6 Å². The molecule has 2 aromatic carbocycles. The monoisotopic (exact) mass is 437 g/mol. The Kier molecular flexibility index (Phi) is 5.86. The molecule has 3 N–H and O–H groups in total. The fraction of sp³-hybridized carbons (Fsp3) is 0.348. The van der Waals surface area contributed by atoms with Crippen molar-refractivity contribution in [1.82, 2.24) is 4.90 Å². The lowest BCUT2D eigenvalue weighted by molar-refractivity contribution is -0.132. The van der Waals surface area contributed by atoms with E-state index in [2.05, 4.69) is 11.4 Å². The highest BCUT2D eigenvalue weighted by atomic mass is 35.5. The standard InChI is InChI=1S/C23H24ClN5O2/c1-23(13-20(30)29(22(26)28-23)16-9-11-31-12-10-16)17-6-4-8-19(21(17)24)27-18-7-3-2-5-15(18)14-25/h2-8,16,27H,9-13H2,1H3,(H2,26,28)/t23-/m0/s1. The highest BCUT2D eigenvalue weighted by Crippen LogP contribution is 2.41. The summed E-state index contributed by atoms with van der Waals surface area (Å²) >= 11 is 6.76. The van der Waals surface area contributed by atoms with Crippen LogP contribution in [0.15, 0.2) is 47.5 Å². The first-order valence-corrected chi connectivity index (χ1v) is 10.6. The van der Waals surface area contributed by atoms with Crippen LogP contribution >= 0.6 is 11.6 Å². The van der Waals surface area contributed by atoms with Gasteiger partial charge in [-0.05, 0) is 38.0 Å². The number of nitrogens with zero attached hydrogens (tertiary/aromatic N) is 3. The second kappa shape index (κ2) is 8.58. The van der Waals surface area contributed by atoms with Gasteiger partial charge in [0, 0.05) is 24.8 Å². The van der Waals surface area contributed by atoms with Gasteiger partial charge in [0.1, 0.15) is 6.07 Å². The van der Waals surface area contributed by atoms with Crippen molar-refractivity contribution in [2.45, 2.75) is 37.8 Å². The molecule has 2 aliphatic rings. The van der Waals surface area contributed by atoms with Crippen LogP contribution in [0, 0.1) is 11.3 Å². The molecule has 0 bridgehead atoms. The number of halogens is 1. The number of hydrogen-bond acceptors (Lipinski definition) is 6. The van der Waals surface area contributed by atoms with Crippen LogP contribution in [0.1, 0.15) is 37.3 Å². The molecular weight excluding hydrogens is 414 g/mol. The van der Waals surface area contributed by atoms with E-state index >= 15 is 0 Å². The summed E-state index contributed by atoms with van der Waals surface area (Å²) in [7, 11) is 0. The van der Waals surface area contributed by atoms with Gasteiger partial charge in [-0.15, -0.1) is 0 Å². The summed E-state index contributed by atoms with van der Waals surface area (Å²) in [5.74, 6) is 0.154. The van der Waals surface area contributed by atoms with Crippen molar-refractivity contribution in [2.24, 2.45) is 10.7 Å². The number of carbonyl (C=O) groups excluding carboxylic acids is 1. The minimum Gasteiger partial charge on any atom is -0.381 e. The van der Waals surface area contributed by atoms with Crippen LogP contribution in [-0.4, -0.2) is 36.0 Å². The molecule has 1 atom stereocenters. The normalized spacial score (nSPS) is 22.0. The summed E-state index contributed by atoms with van der Waals surface area (Å²) in [5, 5.41) is 13.0. The van der Waals surface area contributed by atoms with Gasteiger partial charge in [0.15, 0.2) is 5.96 Å². The van der Waals surface area contributed by atoms with Gasteiger partial charge >= 0.3 is 0 Å². The Morgan fingerprint density at radius 1 is 1.23 bits per heavy atom. The number of guanidine groups is 1. The van der Waals surface area contributed by atoms with Crippen LogP contribution in [0.3, 0.4) is 0 Å². The van der Waals surface area contributed by atoms with E-state index < -0.39 is 5.54 Å². The topological polar surface area (TPSA) is 104 Å². The molecule has 0 spiro atoms. The molecule has 7 nitrogen and oxygen atoms in total. The minimum atomic E-state index is -0.883. The molecule has 160 valence electrons. The second-order valence-electron chi connectivity index (χ2n) is 7.98. The van der Waals surface area contributed by atoms with E-state index in [-0.39, 0.29) is 24.3 Å². The molecule has 1 fully saturated rings. The molecule has 2 aliphatic heterocycles. The van der Waals surface area contributed by atoms with Crippen molar-refractivity contribution in [3.63, 3.8) is 0 Å². The van der Waals surface area contributed by atoms with Gasteiger partial charge in [-0.25, -0.2) is 4.99 Å². The van der Waals surface area contributed by atoms with Crippen molar-refractivity contribution < 1.29 is 9.53 Å². The quantitative estimate of drug-likeness (QED) is 0.754. The van der Waals surface area contributed by atoms with E-state index in [0.29, 0.717) is 40.7 Å². The van der Waals surface area contributed by atoms with E-state index in [1.807, 2.05) is 37.3 Å². The van der Waals surface area contributed by atoms with Gasteiger partial charge < -0.3 is 15.8 Å². The SMILES string of the molecule is C[C@@]1(c2cccc(Nc3ccccc3C#N)c2Cl)CC(=O)N(C2CCOCC2)C(N)=N1. The lowest BCUT2D eigenvalue weighted by Crippen LogP contribution is -2.55. The number of nitrogens with two attached hydrogens (primary N) is 1. The largest absolute Gasteiger partial charge is 0.381 e. The number of hydrogen-bond donors (Lipinski definition) is 2. The Labute approximate surface area is 186 Å². The summed E-state index contributed by atoms with van der Waals surface area (Å²) in [5.41, 5.74) is 7.91. The summed E-state index contributed by atoms with van der Waals surface area (Å²) in [4.78, 5) is 19.4. The van der Waals surface area contributed by atoms with Crippen LogP contribution in [0.25, 0.3) is 0 Å². The van der Waals surface area contributed by atoms with Gasteiger partial charge in [-0.1, -0.05) is 35.9 Å². The molecule has 31 heavy (non-hydrogen) atoms. The number of anilines is 2. The van der Waals surface area contributed by atoms with Crippen LogP contribution in [-0.2, 0) is 15.1 Å². The molecule has 0 saturated carbocycles. The maximum atomic E-state index is 13.1. The lowest BCUT2D eigenvalue weighted by Gasteiger charge is -2.40. The summed E-state index contributed by atoms with van der Waals surface area (Å²) in [6.07, 6.45) is 1.66. The lowest BCUT2D eigenvalue weighted by atomic mass is 9.86. The maximum absolute atomic E-state index is 13.1. The molecule has 0 radical (unpaired) electrons. The van der Waals surface area contributed by atoms with Crippen molar-refractivity contribution in [2.75, 3.05) is 18.5 Å². The van der Waals surface area contributed by atoms with Gasteiger partial charge in [0.25, 0.3) is 0 Å². The molecule has 4 rings (SSSR count). The first-order chi connectivity index (χ1) is 14.9. The Morgan fingerprint density at radius 2 is 1.94 bits per heavy atom. The first kappa shape index (κ1) is 21.2. The molecule has 0 unspecified atom stereocenters. The third-order valence-corrected chi connectivity index (χ3v) is 6.23. The first-order valence-electron chi connectivity index (χ1n) is 10.2. The second-order valence-corrected chi connectivity index (χ2v) is 8.36. The average Bonchev–Trinajstić information content (AvgIpc) is 2.75. The Morgan fingerprint density at radius 3 is 2.65 bits per heavy atom. The average molecular weight is 438 g/mol. The Bertz CT molecular complexity index is 1070. The molecular formula is C23H24ClN5O2. The molecule has 1 saturated heterocycles. The number of aliphatic imine (C=N–C) groups is 1. The zero-order chi connectivity index (χ0) is 22.0. The number of rotatable bonds is 4. The number of nitriles is 1. The van der Waals surface area contributed by atoms with Crippen LogP contribution < -0.4 is 11.1 Å². The third-order valence-electron chi connectivity index (χ3n) is 5.82. The number of para-hydroxylation sites is 1. The van der Waals surface area contributed by atoms with E-state index in [0.717, 1.165) is 12.8 Å². The molecule has 0 aliphatic carbocycles. The van der Waals surface area contributed by atoms with E-state index in [4.69, 9.17) is 27.1 Å². The van der Waals surface area contributed by atoms with Crippen LogP contribution in [0.4, 0.5) is 11.4 Å². The van der Waals surface area contributed by atoms with Crippen LogP contribution in [0.2, 0.25) is 5.02 Å². The number of amides is 1.